The summed E-state index contributed by atoms with van der Waals surface area (Å²) in [5, 5.41) is 3.80. The van der Waals surface area contributed by atoms with E-state index in [4.69, 9.17) is 0 Å². The molecule has 1 aromatic carbocycles. The summed E-state index contributed by atoms with van der Waals surface area (Å²) in [4.78, 5) is 12.3. The van der Waals surface area contributed by atoms with Gasteiger partial charge in [-0.15, -0.1) is 5.10 Å². The molecule has 0 bridgehead atoms. The Kier molecular flexibility index (Phi) is 3.76. The number of benzene rings is 1. The monoisotopic (exact) mass is 268 g/mol. The predicted molar refractivity (Wildman–Crippen MR) is 63.7 cm³/mol. The number of Topliss-reactive ketones (excluding diaryl/α,β-unsaturated/α-hetero) is 1. The third kappa shape index (κ3) is 2.43. The molecule has 0 radical (unpaired) electrons. The fourth-order valence-electron chi connectivity index (χ4n) is 1.59. The van der Waals surface area contributed by atoms with Crippen LogP contribution in [0.5, 0.6) is 0 Å². The number of hydrogen-bond acceptors (Lipinski definition) is 4. The second-order valence-electron chi connectivity index (χ2n) is 3.70. The van der Waals surface area contributed by atoms with Crippen molar-refractivity contribution in [1.82, 2.24) is 9.59 Å². The lowest BCUT2D eigenvalue weighted by Gasteiger charge is -2.03. The van der Waals surface area contributed by atoms with Gasteiger partial charge in [-0.2, -0.15) is 0 Å². The molecule has 0 saturated heterocycles. The zero-order valence-electron chi connectivity index (χ0n) is 9.61. The van der Waals surface area contributed by atoms with E-state index in [-0.39, 0.29) is 17.8 Å². The minimum Gasteiger partial charge on any atom is -0.293 e. The Hall–Kier alpha value is -1.69. The Balaban J connectivity index is 2.27. The van der Waals surface area contributed by atoms with Gasteiger partial charge in [-0.05, 0) is 30.1 Å². The van der Waals surface area contributed by atoms with Gasteiger partial charge >= 0.3 is 0 Å². The first-order chi connectivity index (χ1) is 8.63. The summed E-state index contributed by atoms with van der Waals surface area (Å²) in [5.74, 6) is -1.77. The molecule has 0 aliphatic rings. The maximum absolute atomic E-state index is 13.4. The first kappa shape index (κ1) is 12.8. The SMILES string of the molecule is CCc1nnsc1C(=O)Cc1c(F)cccc1F. The van der Waals surface area contributed by atoms with E-state index in [9.17, 15) is 13.6 Å². The molecular formula is C12H10F2N2OS. The van der Waals surface area contributed by atoms with E-state index in [1.807, 2.05) is 6.92 Å². The molecule has 0 spiro atoms. The quantitative estimate of drug-likeness (QED) is 0.801. The van der Waals surface area contributed by atoms with Crippen LogP contribution in [0.3, 0.4) is 0 Å². The van der Waals surface area contributed by atoms with Crippen molar-refractivity contribution in [2.24, 2.45) is 0 Å². The van der Waals surface area contributed by atoms with Gasteiger partial charge in [-0.25, -0.2) is 8.78 Å². The molecule has 0 saturated carbocycles. The average molecular weight is 268 g/mol. The van der Waals surface area contributed by atoms with Crippen molar-refractivity contribution >= 4 is 17.3 Å². The van der Waals surface area contributed by atoms with Crippen LogP contribution >= 0.6 is 11.5 Å². The Morgan fingerprint density at radius 3 is 2.61 bits per heavy atom. The van der Waals surface area contributed by atoms with Gasteiger partial charge in [0.1, 0.15) is 16.5 Å². The Morgan fingerprint density at radius 2 is 2.00 bits per heavy atom. The van der Waals surface area contributed by atoms with Gasteiger partial charge in [0, 0.05) is 12.0 Å². The predicted octanol–water partition coefficient (Wildman–Crippen LogP) is 2.80. The number of ketones is 1. The lowest BCUT2D eigenvalue weighted by Crippen LogP contribution is -2.08. The Labute approximate surface area is 107 Å². The van der Waals surface area contributed by atoms with Crippen molar-refractivity contribution in [2.75, 3.05) is 0 Å². The number of hydrogen-bond donors (Lipinski definition) is 0. The van der Waals surface area contributed by atoms with Crippen molar-refractivity contribution in [3.05, 3.63) is 46.0 Å². The van der Waals surface area contributed by atoms with Crippen molar-refractivity contribution in [3.8, 4) is 0 Å². The summed E-state index contributed by atoms with van der Waals surface area (Å²) in [6, 6.07) is 3.54. The van der Waals surface area contributed by atoms with Crippen LogP contribution in [0.25, 0.3) is 0 Å². The van der Waals surface area contributed by atoms with E-state index >= 15 is 0 Å². The van der Waals surface area contributed by atoms with Crippen LogP contribution in [0.2, 0.25) is 0 Å². The maximum atomic E-state index is 13.4. The van der Waals surface area contributed by atoms with Crippen molar-refractivity contribution in [2.45, 2.75) is 19.8 Å². The Bertz CT molecular complexity index is 563. The van der Waals surface area contributed by atoms with E-state index < -0.39 is 11.6 Å². The van der Waals surface area contributed by atoms with E-state index in [0.29, 0.717) is 17.0 Å². The number of rotatable bonds is 4. The standard InChI is InChI=1S/C12H10F2N2OS/c1-2-10-12(18-16-15-10)11(17)6-7-8(13)4-3-5-9(7)14/h3-5H,2,6H2,1H3. The molecule has 18 heavy (non-hydrogen) atoms. The van der Waals surface area contributed by atoms with E-state index in [1.165, 1.54) is 6.07 Å². The van der Waals surface area contributed by atoms with Crippen molar-refractivity contribution < 1.29 is 13.6 Å². The molecule has 3 nitrogen and oxygen atoms in total. The van der Waals surface area contributed by atoms with Gasteiger partial charge < -0.3 is 0 Å². The average Bonchev–Trinajstić information content (AvgIpc) is 2.82. The number of carbonyl (C=O) groups is 1. The largest absolute Gasteiger partial charge is 0.293 e. The lowest BCUT2D eigenvalue weighted by molar-refractivity contribution is 0.0993. The number of nitrogens with zero attached hydrogens (tertiary/aromatic N) is 2. The fourth-order valence-corrected chi connectivity index (χ4v) is 2.28. The zero-order valence-corrected chi connectivity index (χ0v) is 10.4. The molecule has 0 amide bonds. The molecule has 0 fully saturated rings. The van der Waals surface area contributed by atoms with Crippen LogP contribution < -0.4 is 0 Å². The summed E-state index contributed by atoms with van der Waals surface area (Å²) >= 11 is 0.958. The van der Waals surface area contributed by atoms with Gasteiger partial charge in [0.25, 0.3) is 0 Å². The van der Waals surface area contributed by atoms with Gasteiger partial charge in [0.05, 0.1) is 5.69 Å². The zero-order chi connectivity index (χ0) is 13.1. The normalized spacial score (nSPS) is 10.6. The van der Waals surface area contributed by atoms with Crippen LogP contribution in [-0.4, -0.2) is 15.4 Å². The molecule has 0 aliphatic heterocycles. The summed E-state index contributed by atoms with van der Waals surface area (Å²) in [6.45, 7) is 1.84. The van der Waals surface area contributed by atoms with E-state index in [0.717, 1.165) is 23.7 Å². The second-order valence-corrected chi connectivity index (χ2v) is 4.46. The smallest absolute Gasteiger partial charge is 0.180 e. The maximum Gasteiger partial charge on any atom is 0.180 e. The molecular weight excluding hydrogens is 258 g/mol. The molecule has 2 aromatic rings. The Morgan fingerprint density at radius 1 is 1.33 bits per heavy atom. The summed E-state index contributed by atoms with van der Waals surface area (Å²) in [5.41, 5.74) is 0.361. The molecule has 0 N–H and O–H groups in total. The van der Waals surface area contributed by atoms with Gasteiger partial charge in [-0.1, -0.05) is 17.5 Å². The highest BCUT2D eigenvalue weighted by Gasteiger charge is 2.19. The van der Waals surface area contributed by atoms with Gasteiger partial charge in [0.15, 0.2) is 5.78 Å². The summed E-state index contributed by atoms with van der Waals surface area (Å²) in [6.07, 6.45) is 0.257. The van der Waals surface area contributed by atoms with E-state index in [1.54, 1.807) is 0 Å². The first-order valence-electron chi connectivity index (χ1n) is 5.40. The van der Waals surface area contributed by atoms with Crippen LogP contribution in [0.15, 0.2) is 18.2 Å². The summed E-state index contributed by atoms with van der Waals surface area (Å²) < 4.78 is 30.5. The molecule has 0 atom stereocenters. The van der Waals surface area contributed by atoms with Crippen LogP contribution in [0.1, 0.15) is 27.9 Å². The molecule has 1 heterocycles. The van der Waals surface area contributed by atoms with Gasteiger partial charge in [0.2, 0.25) is 0 Å². The molecule has 0 unspecified atom stereocenters. The van der Waals surface area contributed by atoms with E-state index in [2.05, 4.69) is 9.59 Å². The van der Waals surface area contributed by atoms with Crippen LogP contribution in [0, 0.1) is 11.6 Å². The topological polar surface area (TPSA) is 42.9 Å². The van der Waals surface area contributed by atoms with Crippen molar-refractivity contribution in [3.63, 3.8) is 0 Å². The third-order valence-electron chi connectivity index (χ3n) is 2.54. The minimum atomic E-state index is -0.709. The molecule has 6 heteroatoms. The lowest BCUT2D eigenvalue weighted by atomic mass is 10.1. The highest BCUT2D eigenvalue weighted by atomic mass is 32.1. The highest BCUT2D eigenvalue weighted by Crippen LogP contribution is 2.18. The van der Waals surface area contributed by atoms with Gasteiger partial charge in [-0.3, -0.25) is 4.79 Å². The number of carbonyl (C=O) groups excluding carboxylic acids is 1. The second kappa shape index (κ2) is 5.30. The highest BCUT2D eigenvalue weighted by molar-refractivity contribution is 7.08. The van der Waals surface area contributed by atoms with Crippen molar-refractivity contribution in [1.29, 1.82) is 0 Å². The molecule has 0 aliphatic carbocycles. The summed E-state index contributed by atoms with van der Waals surface area (Å²) in [7, 11) is 0. The van der Waals surface area contributed by atoms with Crippen LogP contribution in [-0.2, 0) is 12.8 Å². The fraction of sp³-hybridized carbons (Fsp3) is 0.250. The number of aryl methyl sites for hydroxylation is 1. The molecule has 94 valence electrons. The van der Waals surface area contributed by atoms with Crippen LogP contribution in [0.4, 0.5) is 8.78 Å². The third-order valence-corrected chi connectivity index (χ3v) is 3.35. The number of aromatic nitrogens is 2. The minimum absolute atomic E-state index is 0.210. The number of halogens is 2. The first-order valence-corrected chi connectivity index (χ1v) is 6.18. The molecule has 1 aromatic heterocycles. The molecule has 2 rings (SSSR count).